The van der Waals surface area contributed by atoms with Crippen molar-refractivity contribution in [2.75, 3.05) is 24.7 Å². The molecule has 0 aliphatic carbocycles. The van der Waals surface area contributed by atoms with Crippen molar-refractivity contribution in [2.24, 2.45) is 0 Å². The highest BCUT2D eigenvalue weighted by Crippen LogP contribution is 2.21. The van der Waals surface area contributed by atoms with E-state index in [1.165, 1.54) is 0 Å². The summed E-state index contributed by atoms with van der Waals surface area (Å²) in [6.45, 7) is 3.71. The molecule has 0 bridgehead atoms. The zero-order chi connectivity index (χ0) is 10.8. The Labute approximate surface area is 92.0 Å². The minimum absolute atomic E-state index is 0.0603. The molecule has 15 heavy (non-hydrogen) atoms. The van der Waals surface area contributed by atoms with Crippen molar-refractivity contribution in [3.8, 4) is 0 Å². The smallest absolute Gasteiger partial charge is 0.224 e. The largest absolute Gasteiger partial charge is 0.377 e. The number of halogens is 2. The van der Waals surface area contributed by atoms with Crippen LogP contribution < -0.4 is 4.90 Å². The molecule has 0 N–H and O–H groups in total. The molecule has 0 spiro atoms. The fourth-order valence-corrected chi connectivity index (χ4v) is 1.71. The maximum Gasteiger partial charge on any atom is 0.224 e. The highest BCUT2D eigenvalue weighted by molar-refractivity contribution is 6.28. The zero-order valence-corrected chi connectivity index (χ0v) is 9.04. The molecule has 6 heteroatoms. The first-order valence-corrected chi connectivity index (χ1v) is 5.08. The van der Waals surface area contributed by atoms with Crippen LogP contribution in [-0.4, -0.2) is 35.8 Å². The minimum atomic E-state index is -0.451. The molecule has 0 aromatic carbocycles. The summed E-state index contributed by atoms with van der Waals surface area (Å²) >= 11 is 5.64. The van der Waals surface area contributed by atoms with Gasteiger partial charge in [0.15, 0.2) is 11.6 Å². The van der Waals surface area contributed by atoms with Crippen LogP contribution in [0.25, 0.3) is 0 Å². The lowest BCUT2D eigenvalue weighted by Gasteiger charge is -2.34. The van der Waals surface area contributed by atoms with E-state index in [-0.39, 0.29) is 17.1 Å². The second-order valence-corrected chi connectivity index (χ2v) is 3.77. The van der Waals surface area contributed by atoms with Crippen LogP contribution in [0, 0.1) is 5.82 Å². The van der Waals surface area contributed by atoms with Gasteiger partial charge < -0.3 is 9.64 Å². The van der Waals surface area contributed by atoms with Gasteiger partial charge in [0.2, 0.25) is 5.28 Å². The normalized spacial score (nSPS) is 21.8. The van der Waals surface area contributed by atoms with E-state index >= 15 is 0 Å². The molecule has 4 nitrogen and oxygen atoms in total. The number of hydrogen-bond acceptors (Lipinski definition) is 4. The number of rotatable bonds is 1. The summed E-state index contributed by atoms with van der Waals surface area (Å²) in [6, 6.07) is 0.0965. The van der Waals surface area contributed by atoms with Gasteiger partial charge in [0, 0.05) is 6.54 Å². The Morgan fingerprint density at radius 3 is 3.20 bits per heavy atom. The monoisotopic (exact) mass is 231 g/mol. The standard InChI is InChI=1S/C9H11ClFN3O/c1-6-5-15-3-2-14(6)8-7(11)4-12-9(10)13-8/h4,6H,2-3,5H2,1H3. The summed E-state index contributed by atoms with van der Waals surface area (Å²) in [7, 11) is 0. The molecular formula is C9H11ClFN3O. The van der Waals surface area contributed by atoms with Gasteiger partial charge in [-0.1, -0.05) is 0 Å². The highest BCUT2D eigenvalue weighted by Gasteiger charge is 2.23. The molecule has 1 unspecified atom stereocenters. The van der Waals surface area contributed by atoms with Crippen molar-refractivity contribution in [1.82, 2.24) is 9.97 Å². The van der Waals surface area contributed by atoms with E-state index in [2.05, 4.69) is 9.97 Å². The van der Waals surface area contributed by atoms with Gasteiger partial charge in [-0.25, -0.2) is 9.37 Å². The van der Waals surface area contributed by atoms with E-state index in [1.54, 1.807) is 0 Å². The Bertz CT molecular complexity index is 363. The third-order valence-electron chi connectivity index (χ3n) is 2.34. The van der Waals surface area contributed by atoms with Crippen LogP contribution in [0.1, 0.15) is 6.92 Å². The van der Waals surface area contributed by atoms with Crippen LogP contribution in [0.15, 0.2) is 6.20 Å². The topological polar surface area (TPSA) is 38.2 Å². The summed E-state index contributed by atoms with van der Waals surface area (Å²) in [5, 5.41) is 0.0603. The SMILES string of the molecule is CC1COCCN1c1nc(Cl)ncc1F. The predicted molar refractivity (Wildman–Crippen MR) is 54.6 cm³/mol. The summed E-state index contributed by atoms with van der Waals surface area (Å²) in [6.07, 6.45) is 1.09. The van der Waals surface area contributed by atoms with Gasteiger partial charge in [-0.05, 0) is 18.5 Å². The number of morpholine rings is 1. The zero-order valence-electron chi connectivity index (χ0n) is 8.28. The van der Waals surface area contributed by atoms with Crippen LogP contribution in [0.3, 0.4) is 0 Å². The molecular weight excluding hydrogens is 221 g/mol. The number of aromatic nitrogens is 2. The van der Waals surface area contributed by atoms with E-state index in [0.717, 1.165) is 6.20 Å². The van der Waals surface area contributed by atoms with Crippen molar-refractivity contribution >= 4 is 17.4 Å². The number of nitrogens with zero attached hydrogens (tertiary/aromatic N) is 3. The van der Waals surface area contributed by atoms with E-state index < -0.39 is 5.82 Å². The van der Waals surface area contributed by atoms with E-state index in [9.17, 15) is 4.39 Å². The van der Waals surface area contributed by atoms with Gasteiger partial charge >= 0.3 is 0 Å². The van der Waals surface area contributed by atoms with Crippen LogP contribution in [0.4, 0.5) is 10.2 Å². The molecule has 2 rings (SSSR count). The molecule has 1 atom stereocenters. The average molecular weight is 232 g/mol. The van der Waals surface area contributed by atoms with Crippen LogP contribution in [0.5, 0.6) is 0 Å². The third kappa shape index (κ3) is 2.18. The van der Waals surface area contributed by atoms with Gasteiger partial charge in [0.1, 0.15) is 0 Å². The lowest BCUT2D eigenvalue weighted by molar-refractivity contribution is 0.0981. The Morgan fingerprint density at radius 1 is 1.67 bits per heavy atom. The second-order valence-electron chi connectivity index (χ2n) is 3.43. The lowest BCUT2D eigenvalue weighted by atomic mass is 10.2. The first kappa shape index (κ1) is 10.6. The Kier molecular flexibility index (Phi) is 3.02. The summed E-state index contributed by atoms with van der Waals surface area (Å²) in [5.41, 5.74) is 0. The fraction of sp³-hybridized carbons (Fsp3) is 0.556. The average Bonchev–Trinajstić information content (AvgIpc) is 2.23. The molecule has 1 aromatic heterocycles. The van der Waals surface area contributed by atoms with E-state index in [0.29, 0.717) is 19.8 Å². The molecule has 82 valence electrons. The summed E-state index contributed by atoms with van der Waals surface area (Å²) in [4.78, 5) is 9.32. The first-order valence-electron chi connectivity index (χ1n) is 4.71. The van der Waals surface area contributed by atoms with Crippen LogP contribution in [0.2, 0.25) is 5.28 Å². The van der Waals surface area contributed by atoms with Crippen LogP contribution >= 0.6 is 11.6 Å². The van der Waals surface area contributed by atoms with Crippen molar-refractivity contribution in [3.05, 3.63) is 17.3 Å². The van der Waals surface area contributed by atoms with E-state index in [1.807, 2.05) is 11.8 Å². The van der Waals surface area contributed by atoms with Crippen molar-refractivity contribution in [3.63, 3.8) is 0 Å². The second kappa shape index (κ2) is 4.28. The Morgan fingerprint density at radius 2 is 2.47 bits per heavy atom. The first-order chi connectivity index (χ1) is 7.18. The quantitative estimate of drug-likeness (QED) is 0.687. The predicted octanol–water partition coefficient (Wildman–Crippen LogP) is 1.49. The molecule has 1 aliphatic heterocycles. The maximum absolute atomic E-state index is 13.5. The molecule has 1 saturated heterocycles. The molecule has 0 saturated carbocycles. The van der Waals surface area contributed by atoms with Crippen LogP contribution in [-0.2, 0) is 4.74 Å². The number of anilines is 1. The van der Waals surface area contributed by atoms with Crippen molar-refractivity contribution < 1.29 is 9.13 Å². The molecule has 0 radical (unpaired) electrons. The fourth-order valence-electron chi connectivity index (χ4n) is 1.58. The summed E-state index contributed by atoms with van der Waals surface area (Å²) in [5.74, 6) is -0.195. The maximum atomic E-state index is 13.5. The Balaban J connectivity index is 2.30. The molecule has 1 fully saturated rings. The lowest BCUT2D eigenvalue weighted by Crippen LogP contribution is -2.44. The van der Waals surface area contributed by atoms with Gasteiger partial charge in [-0.15, -0.1) is 0 Å². The summed E-state index contributed by atoms with van der Waals surface area (Å²) < 4.78 is 18.7. The van der Waals surface area contributed by atoms with Crippen molar-refractivity contribution in [2.45, 2.75) is 13.0 Å². The molecule has 1 aromatic rings. The molecule has 1 aliphatic rings. The molecule has 2 heterocycles. The number of hydrogen-bond donors (Lipinski definition) is 0. The number of ether oxygens (including phenoxy) is 1. The Hall–Kier alpha value is -0.940. The highest BCUT2D eigenvalue weighted by atomic mass is 35.5. The van der Waals surface area contributed by atoms with Gasteiger partial charge in [0.25, 0.3) is 0 Å². The van der Waals surface area contributed by atoms with E-state index in [4.69, 9.17) is 16.3 Å². The van der Waals surface area contributed by atoms with Gasteiger partial charge in [0.05, 0.1) is 25.5 Å². The van der Waals surface area contributed by atoms with Crippen molar-refractivity contribution in [1.29, 1.82) is 0 Å². The van der Waals surface area contributed by atoms with Gasteiger partial charge in [-0.2, -0.15) is 4.98 Å². The van der Waals surface area contributed by atoms with Gasteiger partial charge in [-0.3, -0.25) is 0 Å². The minimum Gasteiger partial charge on any atom is -0.377 e. The third-order valence-corrected chi connectivity index (χ3v) is 2.52. The molecule has 0 amide bonds.